The van der Waals surface area contributed by atoms with E-state index in [1.807, 2.05) is 7.05 Å². The number of guanidine groups is 1. The summed E-state index contributed by atoms with van der Waals surface area (Å²) >= 11 is 0. The van der Waals surface area contributed by atoms with Crippen molar-refractivity contribution in [2.75, 3.05) is 40.8 Å². The zero-order chi connectivity index (χ0) is 14.9. The Morgan fingerprint density at radius 1 is 1.20 bits per heavy atom. The van der Waals surface area contributed by atoms with Crippen LogP contribution in [0.4, 0.5) is 0 Å². The van der Waals surface area contributed by atoms with Crippen molar-refractivity contribution in [3.63, 3.8) is 0 Å². The highest BCUT2D eigenvalue weighted by Gasteiger charge is 2.19. The normalized spacial score (nSPS) is 12.6. The molecule has 0 heterocycles. The average molecular weight is 398 g/mol. The van der Waals surface area contributed by atoms with Gasteiger partial charge in [-0.25, -0.2) is 0 Å². The number of halogens is 1. The molecule has 4 nitrogen and oxygen atoms in total. The Morgan fingerprint density at radius 2 is 1.80 bits per heavy atom. The molecule has 0 spiro atoms. The van der Waals surface area contributed by atoms with Crippen molar-refractivity contribution in [3.8, 4) is 0 Å². The van der Waals surface area contributed by atoms with Gasteiger partial charge in [0.25, 0.3) is 0 Å². The molecule has 0 unspecified atom stereocenters. The second kappa shape index (κ2) is 11.6. The molecule has 0 aliphatic rings. The molecule has 0 saturated carbocycles. The van der Waals surface area contributed by atoms with Gasteiger partial charge >= 0.3 is 0 Å². The van der Waals surface area contributed by atoms with Gasteiger partial charge in [-0.3, -0.25) is 4.99 Å². The van der Waals surface area contributed by atoms with Gasteiger partial charge in [0.2, 0.25) is 0 Å². The molecule has 0 aromatic carbocycles. The van der Waals surface area contributed by atoms with Crippen LogP contribution in [0.5, 0.6) is 0 Å². The summed E-state index contributed by atoms with van der Waals surface area (Å²) in [6.45, 7) is 12.0. The average Bonchev–Trinajstić information content (AvgIpc) is 2.26. The predicted octanol–water partition coefficient (Wildman–Crippen LogP) is 2.79. The Labute approximate surface area is 143 Å². The van der Waals surface area contributed by atoms with Gasteiger partial charge in [-0.15, -0.1) is 24.0 Å². The summed E-state index contributed by atoms with van der Waals surface area (Å²) in [6, 6.07) is 0. The van der Waals surface area contributed by atoms with Crippen molar-refractivity contribution in [3.05, 3.63) is 0 Å². The fourth-order valence-corrected chi connectivity index (χ4v) is 2.17. The molecule has 0 aromatic heterocycles. The monoisotopic (exact) mass is 398 g/mol. The van der Waals surface area contributed by atoms with Crippen LogP contribution in [-0.4, -0.2) is 51.6 Å². The Hall–Kier alpha value is -0.0400. The van der Waals surface area contributed by atoms with E-state index >= 15 is 0 Å². The lowest BCUT2D eigenvalue weighted by atomic mass is 9.93. The van der Waals surface area contributed by atoms with E-state index in [4.69, 9.17) is 0 Å². The summed E-state index contributed by atoms with van der Waals surface area (Å²) < 4.78 is 0. The van der Waals surface area contributed by atoms with Crippen LogP contribution in [-0.2, 0) is 0 Å². The van der Waals surface area contributed by atoms with Crippen molar-refractivity contribution in [1.82, 2.24) is 15.5 Å². The lowest BCUT2D eigenvalue weighted by molar-refractivity contribution is 0.241. The van der Waals surface area contributed by atoms with Crippen LogP contribution in [0.1, 0.15) is 40.5 Å². The molecule has 0 amide bonds. The summed E-state index contributed by atoms with van der Waals surface area (Å²) in [6.07, 6.45) is 2.45. The van der Waals surface area contributed by atoms with Crippen molar-refractivity contribution >= 4 is 29.9 Å². The molecule has 2 N–H and O–H groups in total. The Balaban J connectivity index is 0. The SMILES string of the molecule is CN=C(NCCCC(C)C)NCC(C)(C)CN(C)C.I. The zero-order valence-electron chi connectivity index (χ0n) is 14.4. The number of aliphatic imine (C=N–C) groups is 1. The van der Waals surface area contributed by atoms with E-state index in [0.717, 1.165) is 31.5 Å². The van der Waals surface area contributed by atoms with Gasteiger partial charge in [-0.1, -0.05) is 27.7 Å². The summed E-state index contributed by atoms with van der Waals surface area (Å²) in [4.78, 5) is 6.49. The van der Waals surface area contributed by atoms with Crippen LogP contribution < -0.4 is 10.6 Å². The third-order valence-electron chi connectivity index (χ3n) is 2.95. The predicted molar refractivity (Wildman–Crippen MR) is 101 cm³/mol. The summed E-state index contributed by atoms with van der Waals surface area (Å²) in [5.74, 6) is 1.69. The lowest BCUT2D eigenvalue weighted by Gasteiger charge is -2.29. The highest BCUT2D eigenvalue weighted by Crippen LogP contribution is 2.13. The molecular formula is C15H35IN4. The highest BCUT2D eigenvalue weighted by molar-refractivity contribution is 14.0. The maximum atomic E-state index is 4.27. The smallest absolute Gasteiger partial charge is 0.190 e. The molecule has 0 fully saturated rings. The summed E-state index contributed by atoms with van der Waals surface area (Å²) in [5.41, 5.74) is 0.235. The van der Waals surface area contributed by atoms with Gasteiger partial charge in [-0.05, 0) is 38.3 Å². The number of nitrogens with zero attached hydrogens (tertiary/aromatic N) is 2. The maximum Gasteiger partial charge on any atom is 0.190 e. The maximum absolute atomic E-state index is 4.27. The van der Waals surface area contributed by atoms with Gasteiger partial charge in [-0.2, -0.15) is 0 Å². The lowest BCUT2D eigenvalue weighted by Crippen LogP contribution is -2.45. The van der Waals surface area contributed by atoms with E-state index in [1.165, 1.54) is 12.8 Å². The molecule has 5 heteroatoms. The van der Waals surface area contributed by atoms with Crippen LogP contribution in [0.15, 0.2) is 4.99 Å². The third kappa shape index (κ3) is 13.0. The van der Waals surface area contributed by atoms with Gasteiger partial charge < -0.3 is 15.5 Å². The number of nitrogens with one attached hydrogen (secondary N) is 2. The van der Waals surface area contributed by atoms with Crippen LogP contribution in [0.2, 0.25) is 0 Å². The number of hydrogen-bond acceptors (Lipinski definition) is 2. The molecule has 0 rings (SSSR count). The molecule has 0 saturated heterocycles. The Morgan fingerprint density at radius 3 is 2.25 bits per heavy atom. The van der Waals surface area contributed by atoms with E-state index < -0.39 is 0 Å². The van der Waals surface area contributed by atoms with Gasteiger partial charge in [0.15, 0.2) is 5.96 Å². The molecule has 0 aromatic rings. The van der Waals surface area contributed by atoms with Gasteiger partial charge in [0.05, 0.1) is 0 Å². The summed E-state index contributed by atoms with van der Waals surface area (Å²) in [7, 11) is 6.05. The molecule has 0 bridgehead atoms. The second-order valence-electron chi connectivity index (χ2n) is 6.79. The standard InChI is InChI=1S/C15H34N4.HI/c1-13(2)9-8-10-17-14(16-5)18-11-15(3,4)12-19(6)7;/h13H,8-12H2,1-7H3,(H2,16,17,18);1H. The minimum Gasteiger partial charge on any atom is -0.356 e. The van der Waals surface area contributed by atoms with Crippen molar-refractivity contribution in [1.29, 1.82) is 0 Å². The first-order valence-electron chi connectivity index (χ1n) is 7.36. The molecular weight excluding hydrogens is 363 g/mol. The van der Waals surface area contributed by atoms with E-state index in [-0.39, 0.29) is 29.4 Å². The second-order valence-corrected chi connectivity index (χ2v) is 6.79. The first kappa shape index (κ1) is 22.2. The fourth-order valence-electron chi connectivity index (χ4n) is 2.17. The largest absolute Gasteiger partial charge is 0.356 e. The highest BCUT2D eigenvalue weighted by atomic mass is 127. The summed E-state index contributed by atoms with van der Waals surface area (Å²) in [5, 5.41) is 6.79. The molecule has 0 aliphatic carbocycles. The van der Waals surface area contributed by atoms with Crippen LogP contribution in [0, 0.1) is 11.3 Å². The first-order chi connectivity index (χ1) is 8.76. The number of rotatable bonds is 8. The van der Waals surface area contributed by atoms with Gasteiger partial charge in [0, 0.05) is 26.7 Å². The zero-order valence-corrected chi connectivity index (χ0v) is 16.7. The minimum absolute atomic E-state index is 0. The van der Waals surface area contributed by atoms with Crippen molar-refractivity contribution < 1.29 is 0 Å². The van der Waals surface area contributed by atoms with Crippen LogP contribution in [0.25, 0.3) is 0 Å². The molecule has 0 aliphatic heterocycles. The quantitative estimate of drug-likeness (QED) is 0.286. The van der Waals surface area contributed by atoms with Gasteiger partial charge in [0.1, 0.15) is 0 Å². The van der Waals surface area contributed by atoms with E-state index in [2.05, 4.69) is 62.3 Å². The van der Waals surface area contributed by atoms with Crippen LogP contribution in [0.3, 0.4) is 0 Å². The van der Waals surface area contributed by atoms with E-state index in [1.54, 1.807) is 0 Å². The molecule has 0 atom stereocenters. The van der Waals surface area contributed by atoms with Crippen molar-refractivity contribution in [2.45, 2.75) is 40.5 Å². The van der Waals surface area contributed by atoms with Crippen molar-refractivity contribution in [2.24, 2.45) is 16.3 Å². The molecule has 20 heavy (non-hydrogen) atoms. The van der Waals surface area contributed by atoms with Crippen LogP contribution >= 0.6 is 24.0 Å². The molecule has 0 radical (unpaired) electrons. The number of hydrogen-bond donors (Lipinski definition) is 2. The fraction of sp³-hybridized carbons (Fsp3) is 0.933. The minimum atomic E-state index is 0. The third-order valence-corrected chi connectivity index (χ3v) is 2.95. The molecule has 122 valence electrons. The topological polar surface area (TPSA) is 39.7 Å². The van der Waals surface area contributed by atoms with E-state index in [0.29, 0.717) is 0 Å². The van der Waals surface area contributed by atoms with E-state index in [9.17, 15) is 0 Å². The first-order valence-corrected chi connectivity index (χ1v) is 7.36. The Kier molecular flexibility index (Phi) is 12.9. The Bertz CT molecular complexity index is 263.